The molecule has 1 amide bonds. The van der Waals surface area contributed by atoms with Crippen molar-refractivity contribution in [2.45, 2.75) is 48.1 Å². The average molecular weight is 361 g/mol. The van der Waals surface area contributed by atoms with Gasteiger partial charge in [0.05, 0.1) is 19.1 Å². The number of nitrogens with one attached hydrogen (secondary N) is 1. The van der Waals surface area contributed by atoms with Crippen LogP contribution in [0.1, 0.15) is 20.3 Å². The molecule has 21 heavy (non-hydrogen) atoms. The fraction of sp³-hybridized carbons (Fsp3) is 0.833. The standard InChI is InChI=1S/C12H16Cl3NO5/c1-11(2)20-7-5(9(17)19-3)4-6(8(7)21-11)16-10(18)12(13,14)15/h5-8H,4H2,1-3H3,(H,16,18)/t5-,6+,7-,8+/m0/s1. The number of halogens is 3. The zero-order chi connectivity index (χ0) is 16.0. The predicted octanol–water partition coefficient (Wildman–Crippen LogP) is 1.55. The number of alkyl halides is 3. The van der Waals surface area contributed by atoms with Crippen LogP contribution < -0.4 is 5.32 Å². The lowest BCUT2D eigenvalue weighted by molar-refractivity contribution is -0.168. The van der Waals surface area contributed by atoms with Gasteiger partial charge in [-0.1, -0.05) is 34.8 Å². The maximum absolute atomic E-state index is 11.8. The number of ether oxygens (including phenoxy) is 3. The monoisotopic (exact) mass is 359 g/mol. The molecule has 6 nitrogen and oxygen atoms in total. The maximum Gasteiger partial charge on any atom is 0.311 e. The van der Waals surface area contributed by atoms with Crippen LogP contribution in [0.15, 0.2) is 0 Å². The van der Waals surface area contributed by atoms with Crippen molar-refractivity contribution in [1.82, 2.24) is 5.32 Å². The summed E-state index contributed by atoms with van der Waals surface area (Å²) in [5.74, 6) is -2.58. The number of hydrogen-bond donors (Lipinski definition) is 1. The smallest absolute Gasteiger partial charge is 0.311 e. The van der Waals surface area contributed by atoms with Crippen LogP contribution in [0.2, 0.25) is 0 Å². The molecule has 0 spiro atoms. The van der Waals surface area contributed by atoms with Gasteiger partial charge in [-0.25, -0.2) is 0 Å². The lowest BCUT2D eigenvalue weighted by Crippen LogP contribution is -2.47. The zero-order valence-corrected chi connectivity index (χ0v) is 14.0. The highest BCUT2D eigenvalue weighted by atomic mass is 35.6. The van der Waals surface area contributed by atoms with Crippen molar-refractivity contribution >= 4 is 46.7 Å². The van der Waals surface area contributed by atoms with Crippen molar-refractivity contribution in [2.75, 3.05) is 7.11 Å². The van der Waals surface area contributed by atoms with Crippen molar-refractivity contribution in [3.63, 3.8) is 0 Å². The van der Waals surface area contributed by atoms with Crippen LogP contribution >= 0.6 is 34.8 Å². The molecular formula is C12H16Cl3NO5. The van der Waals surface area contributed by atoms with Gasteiger partial charge >= 0.3 is 5.97 Å². The number of rotatable bonds is 2. The first-order valence-electron chi connectivity index (χ1n) is 6.36. The number of carbonyl (C=O) groups excluding carboxylic acids is 2. The third kappa shape index (κ3) is 3.56. The molecule has 1 aliphatic carbocycles. The van der Waals surface area contributed by atoms with E-state index in [1.807, 2.05) is 0 Å². The maximum atomic E-state index is 11.8. The molecule has 1 heterocycles. The highest BCUT2D eigenvalue weighted by Crippen LogP contribution is 2.42. The Hall–Kier alpha value is -0.270. The van der Waals surface area contributed by atoms with E-state index in [2.05, 4.69) is 5.32 Å². The second kappa shape index (κ2) is 5.74. The predicted molar refractivity (Wildman–Crippen MR) is 76.2 cm³/mol. The molecule has 0 radical (unpaired) electrons. The molecule has 2 aliphatic rings. The minimum absolute atomic E-state index is 0.296. The van der Waals surface area contributed by atoms with E-state index in [0.29, 0.717) is 6.42 Å². The van der Waals surface area contributed by atoms with E-state index in [1.54, 1.807) is 13.8 Å². The second-order valence-corrected chi connectivity index (χ2v) is 7.79. The van der Waals surface area contributed by atoms with Crippen LogP contribution in [0.3, 0.4) is 0 Å². The van der Waals surface area contributed by atoms with Crippen LogP contribution in [0, 0.1) is 5.92 Å². The quantitative estimate of drug-likeness (QED) is 0.597. The van der Waals surface area contributed by atoms with Crippen molar-refractivity contribution in [3.05, 3.63) is 0 Å². The Bertz CT molecular complexity index is 451. The summed E-state index contributed by atoms with van der Waals surface area (Å²) in [7, 11) is 1.30. The van der Waals surface area contributed by atoms with Crippen LogP contribution in [-0.4, -0.2) is 46.8 Å². The third-order valence-corrected chi connectivity index (χ3v) is 4.06. The molecule has 0 aromatic rings. The summed E-state index contributed by atoms with van der Waals surface area (Å²) in [5.41, 5.74) is 0. The molecule has 2 fully saturated rings. The molecule has 0 unspecified atom stereocenters. The Balaban J connectivity index is 2.16. The van der Waals surface area contributed by atoms with Gasteiger partial charge in [-0.05, 0) is 20.3 Å². The van der Waals surface area contributed by atoms with Gasteiger partial charge in [-0.2, -0.15) is 0 Å². The van der Waals surface area contributed by atoms with Crippen LogP contribution in [0.5, 0.6) is 0 Å². The lowest BCUT2D eigenvalue weighted by atomic mass is 10.1. The topological polar surface area (TPSA) is 73.9 Å². The van der Waals surface area contributed by atoms with Crippen molar-refractivity contribution in [1.29, 1.82) is 0 Å². The summed E-state index contributed by atoms with van der Waals surface area (Å²) in [5, 5.41) is 2.59. The molecule has 1 aliphatic heterocycles. The van der Waals surface area contributed by atoms with E-state index in [-0.39, 0.29) is 0 Å². The van der Waals surface area contributed by atoms with Gasteiger partial charge in [-0.3, -0.25) is 9.59 Å². The molecule has 2 rings (SSSR count). The first-order chi connectivity index (χ1) is 9.55. The van der Waals surface area contributed by atoms with Gasteiger partial charge in [0.15, 0.2) is 5.79 Å². The first kappa shape index (κ1) is 17.1. The Morgan fingerprint density at radius 1 is 1.24 bits per heavy atom. The summed E-state index contributed by atoms with van der Waals surface area (Å²) < 4.78 is 14.2. The van der Waals surface area contributed by atoms with E-state index >= 15 is 0 Å². The SMILES string of the molecule is COC(=O)[C@H]1C[C@@H](NC(=O)C(Cl)(Cl)Cl)[C@H]2OC(C)(C)O[C@H]21. The normalized spacial score (nSPS) is 34.4. The number of amides is 1. The van der Waals surface area contributed by atoms with E-state index in [9.17, 15) is 9.59 Å². The van der Waals surface area contributed by atoms with Crippen molar-refractivity contribution in [3.8, 4) is 0 Å². The largest absolute Gasteiger partial charge is 0.469 e. The van der Waals surface area contributed by atoms with E-state index in [0.717, 1.165) is 0 Å². The van der Waals surface area contributed by atoms with Gasteiger partial charge in [0, 0.05) is 0 Å². The molecule has 0 aromatic carbocycles. The summed E-state index contributed by atoms with van der Waals surface area (Å²) in [6.45, 7) is 3.46. The highest BCUT2D eigenvalue weighted by Gasteiger charge is 2.57. The van der Waals surface area contributed by atoms with E-state index in [1.165, 1.54) is 7.11 Å². The number of fused-ring (bicyclic) bond motifs is 1. The second-order valence-electron chi connectivity index (χ2n) is 5.51. The summed E-state index contributed by atoms with van der Waals surface area (Å²) in [4.78, 5) is 23.6. The molecule has 120 valence electrons. The van der Waals surface area contributed by atoms with Gasteiger partial charge in [-0.15, -0.1) is 0 Å². The van der Waals surface area contributed by atoms with Gasteiger partial charge in [0.25, 0.3) is 9.70 Å². The first-order valence-corrected chi connectivity index (χ1v) is 7.49. The summed E-state index contributed by atoms with van der Waals surface area (Å²) >= 11 is 16.6. The molecule has 0 bridgehead atoms. The van der Waals surface area contributed by atoms with Crippen molar-refractivity contribution < 1.29 is 23.8 Å². The van der Waals surface area contributed by atoms with E-state index < -0.39 is 45.6 Å². The molecule has 0 aromatic heterocycles. The Morgan fingerprint density at radius 2 is 1.81 bits per heavy atom. The van der Waals surface area contributed by atoms with Crippen LogP contribution in [-0.2, 0) is 23.8 Å². The number of carbonyl (C=O) groups is 2. The minimum Gasteiger partial charge on any atom is -0.469 e. The fourth-order valence-electron chi connectivity index (χ4n) is 2.75. The average Bonchev–Trinajstić information content (AvgIpc) is 2.82. The molecule has 9 heteroatoms. The zero-order valence-electron chi connectivity index (χ0n) is 11.7. The lowest BCUT2D eigenvalue weighted by Gasteiger charge is -2.24. The molecule has 1 N–H and O–H groups in total. The van der Waals surface area contributed by atoms with Crippen LogP contribution in [0.4, 0.5) is 0 Å². The molecule has 4 atom stereocenters. The van der Waals surface area contributed by atoms with E-state index in [4.69, 9.17) is 49.0 Å². The number of esters is 1. The van der Waals surface area contributed by atoms with Crippen LogP contribution in [0.25, 0.3) is 0 Å². The molecule has 1 saturated heterocycles. The van der Waals surface area contributed by atoms with Gasteiger partial charge < -0.3 is 19.5 Å². The van der Waals surface area contributed by atoms with Crippen molar-refractivity contribution in [2.24, 2.45) is 5.92 Å². The highest BCUT2D eigenvalue weighted by molar-refractivity contribution is 6.76. The summed E-state index contributed by atoms with van der Waals surface area (Å²) in [6, 6.07) is -0.496. The summed E-state index contributed by atoms with van der Waals surface area (Å²) in [6.07, 6.45) is -0.710. The number of methoxy groups -OCH3 is 1. The number of hydrogen-bond acceptors (Lipinski definition) is 5. The third-order valence-electron chi connectivity index (χ3n) is 3.54. The Kier molecular flexibility index (Phi) is 4.67. The molecule has 1 saturated carbocycles. The fourth-order valence-corrected chi connectivity index (χ4v) is 2.92. The van der Waals surface area contributed by atoms with Gasteiger partial charge in [0.1, 0.15) is 12.2 Å². The molecular weight excluding hydrogens is 344 g/mol. The van der Waals surface area contributed by atoms with Gasteiger partial charge in [0.2, 0.25) is 0 Å². The minimum atomic E-state index is -2.08. The Morgan fingerprint density at radius 3 is 2.33 bits per heavy atom. The Labute approximate surface area is 137 Å².